The van der Waals surface area contributed by atoms with Crippen molar-refractivity contribution in [1.29, 1.82) is 0 Å². The van der Waals surface area contributed by atoms with E-state index in [4.69, 9.17) is 4.98 Å². The van der Waals surface area contributed by atoms with E-state index in [1.54, 1.807) is 17.4 Å². The fourth-order valence-corrected chi connectivity index (χ4v) is 4.07. The lowest BCUT2D eigenvalue weighted by Crippen LogP contribution is -2.34. The van der Waals surface area contributed by atoms with Gasteiger partial charge in [0.05, 0.1) is 10.6 Å². The van der Waals surface area contributed by atoms with Gasteiger partial charge in [-0.3, -0.25) is 14.7 Å². The molecule has 0 amide bonds. The molecular weight excluding hydrogens is 332 g/mol. The van der Waals surface area contributed by atoms with E-state index in [1.165, 1.54) is 5.56 Å². The van der Waals surface area contributed by atoms with Gasteiger partial charge in [0, 0.05) is 37.5 Å². The Hall–Kier alpha value is -2.31. The van der Waals surface area contributed by atoms with Gasteiger partial charge in [-0.1, -0.05) is 6.07 Å². The molecule has 1 aliphatic heterocycles. The zero-order valence-electron chi connectivity index (χ0n) is 13.9. The van der Waals surface area contributed by atoms with Crippen LogP contribution in [-0.4, -0.2) is 32.9 Å². The topological polar surface area (TPSA) is 61.9 Å². The molecule has 4 rings (SSSR count). The van der Waals surface area contributed by atoms with Crippen molar-refractivity contribution in [2.75, 3.05) is 13.1 Å². The maximum Gasteiger partial charge on any atom is 0.251 e. The number of pyridine rings is 1. The van der Waals surface area contributed by atoms with Crippen LogP contribution in [0.4, 0.5) is 0 Å². The summed E-state index contributed by atoms with van der Waals surface area (Å²) in [7, 11) is 0. The van der Waals surface area contributed by atoms with Crippen LogP contribution in [0.3, 0.4) is 0 Å². The van der Waals surface area contributed by atoms with Crippen molar-refractivity contribution in [2.45, 2.75) is 25.3 Å². The second-order valence-electron chi connectivity index (χ2n) is 6.43. The molecule has 0 aromatic carbocycles. The Kier molecular flexibility index (Phi) is 4.72. The average molecular weight is 352 g/mol. The molecule has 128 valence electrons. The molecular formula is C19H20N4OS. The summed E-state index contributed by atoms with van der Waals surface area (Å²) in [5.41, 5.74) is 2.11. The summed E-state index contributed by atoms with van der Waals surface area (Å²) in [5, 5.41) is 2.00. The average Bonchev–Trinajstić information content (AvgIpc) is 3.17. The van der Waals surface area contributed by atoms with Crippen LogP contribution in [0.1, 0.15) is 30.0 Å². The Morgan fingerprint density at radius 1 is 1.28 bits per heavy atom. The first kappa shape index (κ1) is 16.2. The Labute approximate surface area is 150 Å². The van der Waals surface area contributed by atoms with Crippen LogP contribution in [0, 0.1) is 0 Å². The van der Waals surface area contributed by atoms with Crippen LogP contribution in [0.2, 0.25) is 0 Å². The molecule has 3 aromatic rings. The maximum absolute atomic E-state index is 12.1. The largest absolute Gasteiger partial charge is 0.306 e. The van der Waals surface area contributed by atoms with E-state index in [0.717, 1.165) is 43.0 Å². The first-order valence-electron chi connectivity index (χ1n) is 8.54. The number of rotatable bonds is 4. The number of H-pyrrole nitrogens is 1. The third-order valence-corrected chi connectivity index (χ3v) is 5.47. The van der Waals surface area contributed by atoms with Gasteiger partial charge in [0.15, 0.2) is 0 Å². The van der Waals surface area contributed by atoms with Gasteiger partial charge < -0.3 is 4.98 Å². The van der Waals surface area contributed by atoms with Crippen LogP contribution < -0.4 is 5.56 Å². The highest BCUT2D eigenvalue weighted by Crippen LogP contribution is 2.28. The molecule has 5 nitrogen and oxygen atoms in total. The van der Waals surface area contributed by atoms with Crippen LogP contribution in [0.5, 0.6) is 0 Å². The summed E-state index contributed by atoms with van der Waals surface area (Å²) in [4.78, 5) is 27.3. The van der Waals surface area contributed by atoms with Gasteiger partial charge in [0.2, 0.25) is 0 Å². The van der Waals surface area contributed by atoms with E-state index in [-0.39, 0.29) is 5.56 Å². The number of likely N-dealkylation sites (tertiary alicyclic amines) is 1. The van der Waals surface area contributed by atoms with Crippen molar-refractivity contribution in [3.05, 3.63) is 69.7 Å². The normalized spacial score (nSPS) is 18.3. The molecule has 1 atom stereocenters. The minimum atomic E-state index is -0.0698. The Balaban J connectivity index is 1.54. The monoisotopic (exact) mass is 352 g/mol. The van der Waals surface area contributed by atoms with Crippen molar-refractivity contribution < 1.29 is 0 Å². The second kappa shape index (κ2) is 7.29. The van der Waals surface area contributed by atoms with Gasteiger partial charge in [0.1, 0.15) is 5.82 Å². The van der Waals surface area contributed by atoms with Crippen molar-refractivity contribution in [2.24, 2.45) is 0 Å². The number of hydrogen-bond donors (Lipinski definition) is 1. The van der Waals surface area contributed by atoms with Crippen molar-refractivity contribution in [1.82, 2.24) is 19.9 Å². The van der Waals surface area contributed by atoms with Crippen LogP contribution in [0.25, 0.3) is 10.7 Å². The lowest BCUT2D eigenvalue weighted by Gasteiger charge is -2.32. The first-order chi connectivity index (χ1) is 12.3. The fraction of sp³-hybridized carbons (Fsp3) is 0.316. The van der Waals surface area contributed by atoms with Crippen molar-refractivity contribution in [3.63, 3.8) is 0 Å². The van der Waals surface area contributed by atoms with Crippen LogP contribution in [0.15, 0.2) is 52.9 Å². The molecule has 0 spiro atoms. The third kappa shape index (κ3) is 3.86. The number of aromatic amines is 1. The third-order valence-electron chi connectivity index (χ3n) is 4.60. The lowest BCUT2D eigenvalue weighted by molar-refractivity contribution is 0.198. The Morgan fingerprint density at radius 3 is 2.96 bits per heavy atom. The number of thiophene rings is 1. The van der Waals surface area contributed by atoms with E-state index < -0.39 is 0 Å². The molecule has 4 heterocycles. The van der Waals surface area contributed by atoms with Crippen molar-refractivity contribution >= 4 is 11.3 Å². The van der Waals surface area contributed by atoms with Gasteiger partial charge in [-0.05, 0) is 48.5 Å². The quantitative estimate of drug-likeness (QED) is 0.783. The zero-order chi connectivity index (χ0) is 17.1. The molecule has 0 bridgehead atoms. The molecule has 1 N–H and O–H groups in total. The summed E-state index contributed by atoms with van der Waals surface area (Å²) in [6.07, 6.45) is 5.87. The molecule has 0 unspecified atom stereocenters. The molecule has 1 aliphatic rings. The highest BCUT2D eigenvalue weighted by molar-refractivity contribution is 7.13. The van der Waals surface area contributed by atoms with Crippen LogP contribution >= 0.6 is 11.3 Å². The maximum atomic E-state index is 12.1. The number of nitrogens with one attached hydrogen (secondary N) is 1. The van der Waals surface area contributed by atoms with Crippen molar-refractivity contribution in [3.8, 4) is 10.7 Å². The van der Waals surface area contributed by atoms with E-state index in [0.29, 0.717) is 11.7 Å². The minimum absolute atomic E-state index is 0.0698. The molecule has 0 radical (unpaired) electrons. The van der Waals surface area contributed by atoms with Gasteiger partial charge in [-0.15, -0.1) is 11.3 Å². The summed E-state index contributed by atoms with van der Waals surface area (Å²) >= 11 is 1.59. The SMILES string of the molecule is O=c1cc([C@H]2CCCN(Cc3ccncc3)C2)nc(-c2cccs2)[nH]1. The molecule has 0 saturated carbocycles. The second-order valence-corrected chi connectivity index (χ2v) is 7.37. The van der Waals surface area contributed by atoms with Gasteiger partial charge in [-0.25, -0.2) is 4.98 Å². The molecule has 1 saturated heterocycles. The summed E-state index contributed by atoms with van der Waals surface area (Å²) in [6, 6.07) is 9.75. The Bertz CT molecular complexity index is 876. The lowest BCUT2D eigenvalue weighted by atomic mass is 9.94. The van der Waals surface area contributed by atoms with Gasteiger partial charge in [0.25, 0.3) is 5.56 Å². The smallest absolute Gasteiger partial charge is 0.251 e. The molecule has 0 aliphatic carbocycles. The van der Waals surface area contributed by atoms with Gasteiger partial charge in [-0.2, -0.15) is 0 Å². The number of piperidine rings is 1. The minimum Gasteiger partial charge on any atom is -0.306 e. The van der Waals surface area contributed by atoms with E-state index >= 15 is 0 Å². The predicted octanol–water partition coefficient (Wildman–Crippen LogP) is 3.27. The fourth-order valence-electron chi connectivity index (χ4n) is 3.40. The van der Waals surface area contributed by atoms with E-state index in [9.17, 15) is 4.79 Å². The first-order valence-corrected chi connectivity index (χ1v) is 9.42. The highest BCUT2D eigenvalue weighted by atomic mass is 32.1. The Morgan fingerprint density at radius 2 is 2.16 bits per heavy atom. The molecule has 25 heavy (non-hydrogen) atoms. The number of hydrogen-bond acceptors (Lipinski definition) is 5. The summed E-state index contributed by atoms with van der Waals surface area (Å²) in [6.45, 7) is 2.93. The zero-order valence-corrected chi connectivity index (χ0v) is 14.7. The molecule has 3 aromatic heterocycles. The van der Waals surface area contributed by atoms with E-state index in [2.05, 4.69) is 27.0 Å². The standard InChI is InChI=1S/C19H20N4OS/c24-18-11-16(21-19(22-18)17-4-2-10-25-17)15-3-1-9-23(13-15)12-14-5-7-20-8-6-14/h2,4-8,10-11,15H,1,3,9,12-13H2,(H,21,22,24)/t15-/m0/s1. The van der Waals surface area contributed by atoms with Crippen LogP contribution in [-0.2, 0) is 6.54 Å². The van der Waals surface area contributed by atoms with Gasteiger partial charge >= 0.3 is 0 Å². The summed E-state index contributed by atoms with van der Waals surface area (Å²) in [5.74, 6) is 0.986. The summed E-state index contributed by atoms with van der Waals surface area (Å²) < 4.78 is 0. The molecule has 1 fully saturated rings. The highest BCUT2D eigenvalue weighted by Gasteiger charge is 2.23. The molecule has 6 heteroatoms. The number of nitrogens with zero attached hydrogens (tertiary/aromatic N) is 3. The predicted molar refractivity (Wildman–Crippen MR) is 99.7 cm³/mol. The van der Waals surface area contributed by atoms with E-state index in [1.807, 2.05) is 29.9 Å². The number of aromatic nitrogens is 3.